The molecular formula is C10H14N4. The summed E-state index contributed by atoms with van der Waals surface area (Å²) in [6, 6.07) is 6.15. The second-order valence-corrected chi connectivity index (χ2v) is 3.62. The van der Waals surface area contributed by atoms with Crippen molar-refractivity contribution in [1.82, 2.24) is 9.89 Å². The summed E-state index contributed by atoms with van der Waals surface area (Å²) in [5.74, 6) is 0. The Morgan fingerprint density at radius 1 is 1.43 bits per heavy atom. The number of benzene rings is 1. The van der Waals surface area contributed by atoms with Crippen LogP contribution in [0.2, 0.25) is 0 Å². The van der Waals surface area contributed by atoms with Gasteiger partial charge in [0.2, 0.25) is 0 Å². The van der Waals surface area contributed by atoms with Crippen molar-refractivity contribution in [2.75, 3.05) is 11.2 Å². The van der Waals surface area contributed by atoms with E-state index < -0.39 is 0 Å². The van der Waals surface area contributed by atoms with E-state index in [1.807, 2.05) is 18.2 Å². The third-order valence-electron chi connectivity index (χ3n) is 2.03. The number of hydrogen-bond donors (Lipinski definition) is 2. The lowest BCUT2D eigenvalue weighted by Gasteiger charge is -2.10. The molecule has 0 radical (unpaired) electrons. The van der Waals surface area contributed by atoms with E-state index in [1.165, 1.54) is 0 Å². The number of hydrogen-bond acceptors (Lipinski definition) is 3. The highest BCUT2D eigenvalue weighted by atomic mass is 15.6. The van der Waals surface area contributed by atoms with E-state index in [0.717, 1.165) is 16.6 Å². The summed E-state index contributed by atoms with van der Waals surface area (Å²) >= 11 is 0. The van der Waals surface area contributed by atoms with Crippen molar-refractivity contribution in [3.63, 3.8) is 0 Å². The third-order valence-corrected chi connectivity index (χ3v) is 2.03. The molecule has 0 fully saturated rings. The summed E-state index contributed by atoms with van der Waals surface area (Å²) < 4.78 is 0. The highest BCUT2D eigenvalue weighted by Gasteiger charge is 2.04. The molecule has 0 saturated heterocycles. The Labute approximate surface area is 82.7 Å². The molecule has 14 heavy (non-hydrogen) atoms. The number of nitrogens with two attached hydrogens (primary N) is 1. The van der Waals surface area contributed by atoms with Crippen LogP contribution in [0, 0.1) is 0 Å². The highest BCUT2D eigenvalue weighted by molar-refractivity contribution is 5.90. The summed E-state index contributed by atoms with van der Waals surface area (Å²) in [7, 11) is 0. The molecule has 1 aromatic carbocycles. The van der Waals surface area contributed by atoms with E-state index in [1.54, 1.807) is 11.0 Å². The monoisotopic (exact) mass is 190 g/mol. The highest BCUT2D eigenvalue weighted by Crippen LogP contribution is 2.19. The molecule has 0 unspecified atom stereocenters. The topological polar surface area (TPSA) is 55.9 Å². The van der Waals surface area contributed by atoms with E-state index >= 15 is 0 Å². The van der Waals surface area contributed by atoms with E-state index in [-0.39, 0.29) is 0 Å². The van der Waals surface area contributed by atoms with E-state index in [0.29, 0.717) is 6.04 Å². The van der Waals surface area contributed by atoms with Crippen LogP contribution < -0.4 is 11.2 Å². The van der Waals surface area contributed by atoms with Gasteiger partial charge in [0.05, 0.1) is 11.7 Å². The minimum Gasteiger partial charge on any atom is -0.398 e. The van der Waals surface area contributed by atoms with Crippen LogP contribution in [0.15, 0.2) is 24.4 Å². The van der Waals surface area contributed by atoms with Crippen LogP contribution in [0.5, 0.6) is 0 Å². The van der Waals surface area contributed by atoms with Crippen molar-refractivity contribution in [2.45, 2.75) is 19.9 Å². The first-order valence-electron chi connectivity index (χ1n) is 4.67. The van der Waals surface area contributed by atoms with Crippen molar-refractivity contribution in [2.24, 2.45) is 0 Å². The van der Waals surface area contributed by atoms with Crippen LogP contribution >= 0.6 is 0 Å². The van der Waals surface area contributed by atoms with Gasteiger partial charge in [0.15, 0.2) is 0 Å². The molecule has 2 rings (SSSR count). The largest absolute Gasteiger partial charge is 0.398 e. The lowest BCUT2D eigenvalue weighted by atomic mass is 10.2. The average Bonchev–Trinajstić information content (AvgIpc) is 2.49. The van der Waals surface area contributed by atoms with Gasteiger partial charge < -0.3 is 11.2 Å². The van der Waals surface area contributed by atoms with Crippen molar-refractivity contribution >= 4 is 16.6 Å². The number of nitrogens with zero attached hydrogens (tertiary/aromatic N) is 2. The number of nitrogens with one attached hydrogen (secondary N) is 1. The molecule has 3 N–H and O–H groups in total. The van der Waals surface area contributed by atoms with Crippen molar-refractivity contribution in [3.8, 4) is 0 Å². The van der Waals surface area contributed by atoms with Gasteiger partial charge in [-0.2, -0.15) is 9.89 Å². The number of nitrogen functional groups attached to an aromatic ring is 1. The molecular weight excluding hydrogens is 176 g/mol. The fourth-order valence-electron chi connectivity index (χ4n) is 1.42. The van der Waals surface area contributed by atoms with Gasteiger partial charge in [-0.05, 0) is 26.0 Å². The van der Waals surface area contributed by atoms with Gasteiger partial charge in [0.25, 0.3) is 0 Å². The fraction of sp³-hybridized carbons (Fsp3) is 0.300. The van der Waals surface area contributed by atoms with Gasteiger partial charge in [-0.3, -0.25) is 0 Å². The molecule has 0 saturated carbocycles. The molecule has 4 heteroatoms. The van der Waals surface area contributed by atoms with Crippen LogP contribution in [-0.2, 0) is 0 Å². The zero-order chi connectivity index (χ0) is 10.1. The first kappa shape index (κ1) is 8.87. The average molecular weight is 190 g/mol. The molecule has 1 heterocycles. The molecule has 1 aromatic heterocycles. The van der Waals surface area contributed by atoms with Gasteiger partial charge in [0.1, 0.15) is 0 Å². The minimum atomic E-state index is 0.347. The Bertz CT molecular complexity index is 444. The predicted molar refractivity (Wildman–Crippen MR) is 58.6 cm³/mol. The molecule has 0 aliphatic heterocycles. The first-order chi connectivity index (χ1) is 6.68. The Morgan fingerprint density at radius 3 is 2.93 bits per heavy atom. The third kappa shape index (κ3) is 1.39. The second-order valence-electron chi connectivity index (χ2n) is 3.62. The van der Waals surface area contributed by atoms with Gasteiger partial charge >= 0.3 is 0 Å². The van der Waals surface area contributed by atoms with Crippen LogP contribution in [-0.4, -0.2) is 15.9 Å². The number of anilines is 1. The summed E-state index contributed by atoms with van der Waals surface area (Å²) in [5, 5.41) is 5.21. The molecule has 0 aliphatic rings. The van der Waals surface area contributed by atoms with Gasteiger partial charge in [-0.25, -0.2) is 0 Å². The quantitative estimate of drug-likeness (QED) is 0.707. The number of fused-ring (bicyclic) bond motifs is 1. The fourth-order valence-corrected chi connectivity index (χ4v) is 1.42. The SMILES string of the molecule is CC(C)Nn1ncc2c(N)cccc21. The van der Waals surface area contributed by atoms with Crippen LogP contribution in [0.4, 0.5) is 5.69 Å². The molecule has 4 nitrogen and oxygen atoms in total. The zero-order valence-corrected chi connectivity index (χ0v) is 8.36. The molecule has 2 aromatic rings. The van der Waals surface area contributed by atoms with Crippen molar-refractivity contribution < 1.29 is 0 Å². The summed E-state index contributed by atoms with van der Waals surface area (Å²) in [5.41, 5.74) is 10.8. The van der Waals surface area contributed by atoms with Crippen LogP contribution in [0.25, 0.3) is 10.9 Å². The Hall–Kier alpha value is -1.71. The second kappa shape index (κ2) is 3.21. The molecule has 0 atom stereocenters. The Kier molecular flexibility index (Phi) is 2.04. The summed E-state index contributed by atoms with van der Waals surface area (Å²) in [6.45, 7) is 4.14. The molecule has 0 spiro atoms. The molecule has 0 aliphatic carbocycles. The number of rotatable bonds is 2. The lowest BCUT2D eigenvalue weighted by Crippen LogP contribution is -2.22. The van der Waals surface area contributed by atoms with Crippen molar-refractivity contribution in [3.05, 3.63) is 24.4 Å². The Balaban J connectivity index is 2.52. The van der Waals surface area contributed by atoms with Crippen LogP contribution in [0.1, 0.15) is 13.8 Å². The standard InChI is InChI=1S/C10H14N4/c1-7(2)13-14-10-5-3-4-9(11)8(10)6-12-14/h3-7,13H,11H2,1-2H3. The Morgan fingerprint density at radius 2 is 2.21 bits per heavy atom. The van der Waals surface area contributed by atoms with E-state index in [2.05, 4.69) is 24.4 Å². The normalized spacial score (nSPS) is 11.1. The van der Waals surface area contributed by atoms with E-state index in [9.17, 15) is 0 Å². The predicted octanol–water partition coefficient (Wildman–Crippen LogP) is 1.57. The van der Waals surface area contributed by atoms with Crippen molar-refractivity contribution in [1.29, 1.82) is 0 Å². The lowest BCUT2D eigenvalue weighted by molar-refractivity contribution is 0.685. The summed E-state index contributed by atoms with van der Waals surface area (Å²) in [6.07, 6.45) is 1.78. The number of aromatic nitrogens is 2. The van der Waals surface area contributed by atoms with Crippen LogP contribution in [0.3, 0.4) is 0 Å². The van der Waals surface area contributed by atoms with Gasteiger partial charge in [-0.15, -0.1) is 0 Å². The van der Waals surface area contributed by atoms with Gasteiger partial charge in [0, 0.05) is 17.1 Å². The van der Waals surface area contributed by atoms with E-state index in [4.69, 9.17) is 5.73 Å². The maximum Gasteiger partial charge on any atom is 0.0939 e. The minimum absolute atomic E-state index is 0.347. The maximum atomic E-state index is 5.82. The smallest absolute Gasteiger partial charge is 0.0939 e. The molecule has 74 valence electrons. The summed E-state index contributed by atoms with van der Waals surface area (Å²) in [4.78, 5) is 1.76. The first-order valence-corrected chi connectivity index (χ1v) is 4.67. The maximum absolute atomic E-state index is 5.82. The molecule has 0 amide bonds. The zero-order valence-electron chi connectivity index (χ0n) is 8.36. The van der Waals surface area contributed by atoms with Gasteiger partial charge in [-0.1, -0.05) is 6.07 Å². The molecule has 0 bridgehead atoms.